The first kappa shape index (κ1) is 35.6. The van der Waals surface area contributed by atoms with Crippen LogP contribution in [0.15, 0.2) is 229 Å². The van der Waals surface area contributed by atoms with E-state index in [1.54, 1.807) is 0 Å². The topological polar surface area (TPSA) is 43.9 Å². The Bertz CT molecular complexity index is 3620. The highest BCUT2D eigenvalue weighted by atomic mass is 16.3. The monoisotopic (exact) mass is 791 g/mol. The first-order valence-electron chi connectivity index (χ1n) is 21.0. The Morgan fingerprint density at radius 1 is 0.339 bits per heavy atom. The van der Waals surface area contributed by atoms with Crippen LogP contribution in [-0.2, 0) is 0 Å². The molecule has 12 aromatic rings. The van der Waals surface area contributed by atoms with E-state index in [1.807, 2.05) is 24.3 Å². The predicted octanol–water partition coefficient (Wildman–Crippen LogP) is 15.5. The molecule has 62 heavy (non-hydrogen) atoms. The number of aromatic nitrogens is 3. The second-order valence-corrected chi connectivity index (χ2v) is 15.8. The van der Waals surface area contributed by atoms with Crippen LogP contribution in [0.4, 0.5) is 0 Å². The summed E-state index contributed by atoms with van der Waals surface area (Å²) in [6.07, 6.45) is 0. The van der Waals surface area contributed by atoms with Gasteiger partial charge in [0.2, 0.25) is 5.71 Å². The van der Waals surface area contributed by atoms with Crippen molar-refractivity contribution in [2.75, 3.05) is 0 Å². The van der Waals surface area contributed by atoms with Crippen molar-refractivity contribution in [3.05, 3.63) is 224 Å². The summed E-state index contributed by atoms with van der Waals surface area (Å²) >= 11 is 0. The lowest BCUT2D eigenvalue weighted by molar-refractivity contribution is 0.653. The standard InChI is InChI=1S/C58H37N3O/c1-4-16-38(17-5-1)40-20-14-25-46(36-40)57-59-56(55-49-28-10-11-31-53(49)62-58(55)60-57)45-24-13-22-42(35-45)41-21-12-23-44(34-41)48-29-15-30-52-54(48)50-37-43(39-18-6-2-7-19-39)32-33-51(50)61(52)47-26-8-3-9-27-47/h1-37H. The van der Waals surface area contributed by atoms with Gasteiger partial charge in [-0.15, -0.1) is 0 Å². The van der Waals surface area contributed by atoms with E-state index >= 15 is 0 Å². The molecule has 0 amide bonds. The van der Waals surface area contributed by atoms with Gasteiger partial charge in [-0.2, -0.15) is 4.98 Å². The van der Waals surface area contributed by atoms with Gasteiger partial charge in [0.1, 0.15) is 5.58 Å². The van der Waals surface area contributed by atoms with Crippen LogP contribution in [0.2, 0.25) is 0 Å². The molecule has 4 heteroatoms. The molecule has 0 radical (unpaired) electrons. The van der Waals surface area contributed by atoms with Gasteiger partial charge in [0.15, 0.2) is 5.82 Å². The summed E-state index contributed by atoms with van der Waals surface area (Å²) in [4.78, 5) is 10.4. The minimum Gasteiger partial charge on any atom is -0.438 e. The fourth-order valence-corrected chi connectivity index (χ4v) is 9.12. The molecule has 0 aliphatic heterocycles. The zero-order chi connectivity index (χ0) is 41.0. The fraction of sp³-hybridized carbons (Fsp3) is 0. The van der Waals surface area contributed by atoms with Crippen LogP contribution in [-0.4, -0.2) is 14.5 Å². The number of benzene rings is 9. The van der Waals surface area contributed by atoms with Crippen molar-refractivity contribution in [2.24, 2.45) is 0 Å². The lowest BCUT2D eigenvalue weighted by Gasteiger charge is -2.11. The van der Waals surface area contributed by atoms with Crippen LogP contribution < -0.4 is 0 Å². The fourth-order valence-electron chi connectivity index (χ4n) is 9.12. The van der Waals surface area contributed by atoms with Gasteiger partial charge in [0, 0.05) is 33.0 Å². The molecule has 0 atom stereocenters. The number of hydrogen-bond donors (Lipinski definition) is 0. The molecule has 0 fully saturated rings. The molecule has 0 saturated carbocycles. The zero-order valence-corrected chi connectivity index (χ0v) is 33.6. The molecule has 0 saturated heterocycles. The Balaban J connectivity index is 1.01. The van der Waals surface area contributed by atoms with Gasteiger partial charge < -0.3 is 8.98 Å². The van der Waals surface area contributed by atoms with Crippen molar-refractivity contribution in [3.63, 3.8) is 0 Å². The smallest absolute Gasteiger partial charge is 0.231 e. The average Bonchev–Trinajstić information content (AvgIpc) is 3.90. The first-order valence-corrected chi connectivity index (χ1v) is 21.0. The number of hydrogen-bond acceptors (Lipinski definition) is 3. The number of para-hydroxylation sites is 2. The third-order valence-corrected chi connectivity index (χ3v) is 12.0. The summed E-state index contributed by atoms with van der Waals surface area (Å²) in [6, 6.07) is 79.5. The van der Waals surface area contributed by atoms with E-state index in [1.165, 1.54) is 38.5 Å². The second-order valence-electron chi connectivity index (χ2n) is 15.8. The third-order valence-electron chi connectivity index (χ3n) is 12.0. The quantitative estimate of drug-likeness (QED) is 0.161. The number of furan rings is 1. The maximum atomic E-state index is 6.45. The van der Waals surface area contributed by atoms with Crippen molar-refractivity contribution in [1.82, 2.24) is 14.5 Å². The van der Waals surface area contributed by atoms with E-state index < -0.39 is 0 Å². The van der Waals surface area contributed by atoms with E-state index in [2.05, 4.69) is 205 Å². The Morgan fingerprint density at radius 2 is 0.887 bits per heavy atom. The maximum Gasteiger partial charge on any atom is 0.231 e. The van der Waals surface area contributed by atoms with Gasteiger partial charge in [-0.3, -0.25) is 0 Å². The molecule has 3 aromatic heterocycles. The molecule has 0 bridgehead atoms. The molecular weight excluding hydrogens is 755 g/mol. The van der Waals surface area contributed by atoms with Crippen LogP contribution in [0.5, 0.6) is 0 Å². The summed E-state index contributed by atoms with van der Waals surface area (Å²) < 4.78 is 8.84. The Kier molecular flexibility index (Phi) is 8.46. The highest BCUT2D eigenvalue weighted by Gasteiger charge is 2.20. The summed E-state index contributed by atoms with van der Waals surface area (Å²) in [7, 11) is 0. The molecule has 0 unspecified atom stereocenters. The predicted molar refractivity (Wildman–Crippen MR) is 256 cm³/mol. The molecule has 0 aliphatic carbocycles. The lowest BCUT2D eigenvalue weighted by Crippen LogP contribution is -1.94. The molecule has 0 aliphatic rings. The Labute approximate surface area is 358 Å². The number of rotatable bonds is 7. The minimum atomic E-state index is 0.571. The van der Waals surface area contributed by atoms with Crippen molar-refractivity contribution >= 4 is 43.9 Å². The minimum absolute atomic E-state index is 0.571. The van der Waals surface area contributed by atoms with E-state index in [4.69, 9.17) is 14.4 Å². The largest absolute Gasteiger partial charge is 0.438 e. The number of nitrogens with zero attached hydrogens (tertiary/aromatic N) is 3. The summed E-state index contributed by atoms with van der Waals surface area (Å²) in [6.45, 7) is 0. The Hall–Kier alpha value is -8.34. The summed E-state index contributed by atoms with van der Waals surface area (Å²) in [5.74, 6) is 0.620. The molecule has 9 aromatic carbocycles. The van der Waals surface area contributed by atoms with Crippen molar-refractivity contribution in [3.8, 4) is 72.8 Å². The van der Waals surface area contributed by atoms with Crippen molar-refractivity contribution in [1.29, 1.82) is 0 Å². The first-order chi connectivity index (χ1) is 30.7. The summed E-state index contributed by atoms with van der Waals surface area (Å²) in [5, 5.41) is 4.35. The van der Waals surface area contributed by atoms with Gasteiger partial charge in [-0.05, 0) is 99.1 Å². The molecular formula is C58H37N3O. The highest BCUT2D eigenvalue weighted by molar-refractivity contribution is 6.17. The number of fused-ring (bicyclic) bond motifs is 6. The zero-order valence-electron chi connectivity index (χ0n) is 33.6. The van der Waals surface area contributed by atoms with Crippen LogP contribution >= 0.6 is 0 Å². The molecule has 4 nitrogen and oxygen atoms in total. The van der Waals surface area contributed by atoms with E-state index in [0.29, 0.717) is 11.5 Å². The van der Waals surface area contributed by atoms with E-state index in [-0.39, 0.29) is 0 Å². The highest BCUT2D eigenvalue weighted by Crippen LogP contribution is 2.42. The van der Waals surface area contributed by atoms with Crippen molar-refractivity contribution in [2.45, 2.75) is 0 Å². The average molecular weight is 792 g/mol. The molecule has 290 valence electrons. The van der Waals surface area contributed by atoms with Gasteiger partial charge in [-0.25, -0.2) is 4.98 Å². The van der Waals surface area contributed by atoms with Crippen LogP contribution in [0.1, 0.15) is 0 Å². The maximum absolute atomic E-state index is 6.45. The van der Waals surface area contributed by atoms with Gasteiger partial charge >= 0.3 is 0 Å². The normalized spacial score (nSPS) is 11.5. The molecule has 12 rings (SSSR count). The lowest BCUT2D eigenvalue weighted by atomic mass is 9.94. The second kappa shape index (κ2) is 14.7. The van der Waals surface area contributed by atoms with Gasteiger partial charge in [0.05, 0.1) is 22.1 Å². The van der Waals surface area contributed by atoms with E-state index in [9.17, 15) is 0 Å². The molecule has 0 N–H and O–H groups in total. The Morgan fingerprint density at radius 3 is 1.63 bits per heavy atom. The van der Waals surface area contributed by atoms with Crippen LogP contribution in [0.3, 0.4) is 0 Å². The van der Waals surface area contributed by atoms with Gasteiger partial charge in [0.25, 0.3) is 0 Å². The summed E-state index contributed by atoms with van der Waals surface area (Å²) in [5.41, 5.74) is 16.8. The molecule has 0 spiro atoms. The SMILES string of the molecule is c1ccc(-c2cccc(-c3nc(-c4cccc(-c5cccc(-c6cccc7c6c6cc(-c8ccccc8)ccc6n7-c6ccccc6)c5)c4)c4c(n3)oc3ccccc34)c2)cc1. The third kappa shape index (κ3) is 6.08. The molecule has 3 heterocycles. The van der Waals surface area contributed by atoms with E-state index in [0.717, 1.165) is 66.7 Å². The van der Waals surface area contributed by atoms with Crippen LogP contribution in [0, 0.1) is 0 Å². The van der Waals surface area contributed by atoms with Gasteiger partial charge in [-0.1, -0.05) is 170 Å². The van der Waals surface area contributed by atoms with Crippen LogP contribution in [0.25, 0.3) is 117 Å². The van der Waals surface area contributed by atoms with Crippen molar-refractivity contribution < 1.29 is 4.42 Å².